The van der Waals surface area contributed by atoms with Gasteiger partial charge >= 0.3 is 0 Å². The molecule has 2 heterocycles. The van der Waals surface area contributed by atoms with Crippen LogP contribution in [0.1, 0.15) is 58.2 Å². The third-order valence-corrected chi connectivity index (χ3v) is 6.88. The first-order valence-corrected chi connectivity index (χ1v) is 14.1. The molecule has 2 N–H and O–H groups in total. The van der Waals surface area contributed by atoms with Crippen molar-refractivity contribution in [2.45, 2.75) is 59.2 Å². The van der Waals surface area contributed by atoms with Crippen LogP contribution < -0.4 is 20.1 Å². The number of nitrogens with one attached hydrogen (secondary N) is 2. The number of carbonyl (C=O) groups excluding carboxylic acids is 1. The molecule has 202 valence electrons. The monoisotopic (exact) mass is 535 g/mol. The summed E-state index contributed by atoms with van der Waals surface area (Å²) in [7, 11) is 0. The van der Waals surface area contributed by atoms with Crippen molar-refractivity contribution in [3.05, 3.63) is 64.9 Å². The maximum atomic E-state index is 13.8. The number of allylic oxidation sites excluding steroid dienone is 1. The number of amides is 1. The van der Waals surface area contributed by atoms with Crippen LogP contribution in [0.2, 0.25) is 0 Å². The molecule has 4 rings (SSSR count). The highest BCUT2D eigenvalue weighted by Crippen LogP contribution is 2.40. The lowest BCUT2D eigenvalue weighted by atomic mass is 9.94. The van der Waals surface area contributed by atoms with Crippen molar-refractivity contribution in [2.24, 2.45) is 5.92 Å². The van der Waals surface area contributed by atoms with Gasteiger partial charge in [0.15, 0.2) is 11.5 Å². The fraction of sp³-hybridized carbons (Fsp3) is 0.414. The van der Waals surface area contributed by atoms with Crippen LogP contribution in [0.5, 0.6) is 11.5 Å². The Labute approximate surface area is 229 Å². The van der Waals surface area contributed by atoms with Gasteiger partial charge in [0.25, 0.3) is 5.91 Å². The largest absolute Gasteiger partial charge is 0.490 e. The predicted molar refractivity (Wildman–Crippen MR) is 153 cm³/mol. The average molecular weight is 536 g/mol. The number of nitrogens with zero attached hydrogens (tertiary/aromatic N) is 3. The first kappa shape index (κ1) is 27.6. The van der Waals surface area contributed by atoms with Crippen molar-refractivity contribution in [1.82, 2.24) is 14.8 Å². The van der Waals surface area contributed by atoms with Crippen molar-refractivity contribution in [3.63, 3.8) is 0 Å². The van der Waals surface area contributed by atoms with Gasteiger partial charge in [-0.1, -0.05) is 50.7 Å². The molecule has 0 saturated carbocycles. The number of fused-ring (bicyclic) bond motifs is 1. The van der Waals surface area contributed by atoms with Gasteiger partial charge in [0, 0.05) is 11.4 Å². The van der Waals surface area contributed by atoms with E-state index in [1.54, 1.807) is 16.4 Å². The number of hydrogen-bond acceptors (Lipinski definition) is 7. The van der Waals surface area contributed by atoms with Gasteiger partial charge in [-0.2, -0.15) is 4.98 Å². The van der Waals surface area contributed by atoms with Gasteiger partial charge in [-0.05, 0) is 74.3 Å². The summed E-state index contributed by atoms with van der Waals surface area (Å²) < 4.78 is 13.8. The Bertz CT molecular complexity index is 1320. The van der Waals surface area contributed by atoms with Gasteiger partial charge in [0.2, 0.25) is 11.1 Å². The second-order valence-electron chi connectivity index (χ2n) is 9.66. The van der Waals surface area contributed by atoms with Crippen LogP contribution in [0.15, 0.2) is 58.9 Å². The van der Waals surface area contributed by atoms with Crippen molar-refractivity contribution in [3.8, 4) is 11.5 Å². The highest BCUT2D eigenvalue weighted by molar-refractivity contribution is 7.99. The number of benzene rings is 2. The van der Waals surface area contributed by atoms with Crippen LogP contribution in [0.3, 0.4) is 0 Å². The number of ether oxygens (including phenoxy) is 2. The van der Waals surface area contributed by atoms with E-state index in [9.17, 15) is 4.79 Å². The van der Waals surface area contributed by atoms with Crippen LogP contribution >= 0.6 is 11.8 Å². The summed E-state index contributed by atoms with van der Waals surface area (Å²) >= 11 is 1.56. The molecule has 8 nitrogen and oxygen atoms in total. The summed E-state index contributed by atoms with van der Waals surface area (Å²) in [6.45, 7) is 13.4. The van der Waals surface area contributed by atoms with E-state index in [-0.39, 0.29) is 5.91 Å². The van der Waals surface area contributed by atoms with Gasteiger partial charge in [-0.15, -0.1) is 5.10 Å². The highest BCUT2D eigenvalue weighted by atomic mass is 32.2. The van der Waals surface area contributed by atoms with E-state index in [1.165, 1.54) is 0 Å². The molecule has 38 heavy (non-hydrogen) atoms. The van der Waals surface area contributed by atoms with Gasteiger partial charge in [0.1, 0.15) is 6.04 Å². The van der Waals surface area contributed by atoms with Crippen LogP contribution in [0, 0.1) is 12.8 Å². The van der Waals surface area contributed by atoms with Crippen LogP contribution in [-0.2, 0) is 4.79 Å². The maximum absolute atomic E-state index is 13.8. The van der Waals surface area contributed by atoms with E-state index in [2.05, 4.69) is 36.4 Å². The summed E-state index contributed by atoms with van der Waals surface area (Å²) in [5.74, 6) is 3.11. The van der Waals surface area contributed by atoms with Crippen molar-refractivity contribution >= 4 is 29.3 Å². The van der Waals surface area contributed by atoms with Crippen molar-refractivity contribution < 1.29 is 14.3 Å². The molecule has 1 aliphatic heterocycles. The normalized spacial score (nSPS) is 14.8. The molecule has 1 aromatic heterocycles. The molecule has 1 unspecified atom stereocenters. The minimum Gasteiger partial charge on any atom is -0.490 e. The lowest BCUT2D eigenvalue weighted by Gasteiger charge is -2.29. The van der Waals surface area contributed by atoms with E-state index in [0.29, 0.717) is 47.3 Å². The number of hydrogen-bond donors (Lipinski definition) is 2. The molecule has 0 aliphatic carbocycles. The molecule has 0 spiro atoms. The molecule has 1 aliphatic rings. The van der Waals surface area contributed by atoms with E-state index in [1.807, 2.05) is 63.2 Å². The molecule has 2 aromatic carbocycles. The fourth-order valence-electron chi connectivity index (χ4n) is 4.33. The van der Waals surface area contributed by atoms with Crippen LogP contribution in [0.4, 0.5) is 11.6 Å². The summed E-state index contributed by atoms with van der Waals surface area (Å²) in [5, 5.41) is 11.8. The summed E-state index contributed by atoms with van der Waals surface area (Å²) in [6.07, 6.45) is 0.928. The molecular formula is C29H37N5O3S. The Morgan fingerprint density at radius 3 is 2.66 bits per heavy atom. The second kappa shape index (κ2) is 12.4. The molecule has 0 bridgehead atoms. The van der Waals surface area contributed by atoms with Crippen molar-refractivity contribution in [2.75, 3.05) is 29.6 Å². The zero-order valence-corrected chi connectivity index (χ0v) is 23.8. The molecule has 0 saturated heterocycles. The summed E-state index contributed by atoms with van der Waals surface area (Å²) in [6, 6.07) is 13.1. The second-order valence-corrected chi connectivity index (χ2v) is 10.9. The molecule has 3 aromatic rings. The van der Waals surface area contributed by atoms with Crippen molar-refractivity contribution in [1.29, 1.82) is 0 Å². The fourth-order valence-corrected chi connectivity index (χ4v) is 4.89. The lowest BCUT2D eigenvalue weighted by molar-refractivity contribution is -0.113. The van der Waals surface area contributed by atoms with Gasteiger partial charge in [0.05, 0.1) is 18.8 Å². The van der Waals surface area contributed by atoms with Gasteiger partial charge in [-0.3, -0.25) is 4.79 Å². The van der Waals surface area contributed by atoms with E-state index in [0.717, 1.165) is 34.7 Å². The number of thioether (sulfide) groups is 1. The van der Waals surface area contributed by atoms with Gasteiger partial charge < -0.3 is 20.1 Å². The lowest BCUT2D eigenvalue weighted by Crippen LogP contribution is -2.31. The van der Waals surface area contributed by atoms with Gasteiger partial charge in [-0.25, -0.2) is 4.68 Å². The quantitative estimate of drug-likeness (QED) is 0.273. The number of rotatable bonds is 11. The third-order valence-electron chi connectivity index (χ3n) is 6.16. The van der Waals surface area contributed by atoms with E-state index in [4.69, 9.17) is 14.6 Å². The molecule has 0 radical (unpaired) electrons. The number of carbonyl (C=O) groups is 1. The Morgan fingerprint density at radius 1 is 1.13 bits per heavy atom. The smallest absolute Gasteiger partial charge is 0.255 e. The minimum atomic E-state index is -0.502. The molecule has 1 atom stereocenters. The zero-order valence-electron chi connectivity index (χ0n) is 23.0. The Morgan fingerprint density at radius 2 is 1.95 bits per heavy atom. The SMILES string of the molecule is CCOc1ccc(C2C(C(=O)Nc3cccc(C)c3)=C(C)Nc3nc(SCC)nn32)cc1OCCC(C)C. The average Bonchev–Trinajstić information content (AvgIpc) is 3.26. The van der Waals surface area contributed by atoms with E-state index < -0.39 is 6.04 Å². The molecular weight excluding hydrogens is 498 g/mol. The number of aryl methyl sites for hydroxylation is 1. The van der Waals surface area contributed by atoms with Crippen LogP contribution in [-0.4, -0.2) is 39.6 Å². The topological polar surface area (TPSA) is 90.3 Å². The number of aromatic nitrogens is 3. The van der Waals surface area contributed by atoms with E-state index >= 15 is 0 Å². The predicted octanol–water partition coefficient (Wildman–Crippen LogP) is 6.45. The Balaban J connectivity index is 1.77. The third kappa shape index (κ3) is 6.32. The Hall–Kier alpha value is -3.46. The highest BCUT2D eigenvalue weighted by Gasteiger charge is 2.35. The van der Waals surface area contributed by atoms with Crippen LogP contribution in [0.25, 0.3) is 0 Å². The summed E-state index contributed by atoms with van der Waals surface area (Å²) in [5.41, 5.74) is 3.97. The first-order chi connectivity index (χ1) is 18.3. The number of anilines is 2. The first-order valence-electron chi connectivity index (χ1n) is 13.1. The standard InChI is InChI=1S/C29H37N5O3S/c1-7-36-23-13-12-21(17-24(23)37-15-14-18(3)4)26-25(27(35)31-22-11-9-10-19(5)16-22)20(6)30-28-32-29(38-8-2)33-34(26)28/h9-13,16-18,26H,7-8,14-15H2,1-6H3,(H,31,35)(H,30,32,33). The summed E-state index contributed by atoms with van der Waals surface area (Å²) in [4.78, 5) is 18.5. The molecule has 1 amide bonds. The maximum Gasteiger partial charge on any atom is 0.255 e. The molecule has 9 heteroatoms. The minimum absolute atomic E-state index is 0.201. The Kier molecular flexibility index (Phi) is 8.99. The zero-order chi connectivity index (χ0) is 27.2. The molecule has 0 fully saturated rings.